The number of hydrogen-bond donors (Lipinski definition) is 0. The first-order valence-corrected chi connectivity index (χ1v) is 7.69. The summed E-state index contributed by atoms with van der Waals surface area (Å²) in [6.07, 6.45) is 1.93. The van der Waals surface area contributed by atoms with E-state index in [1.807, 2.05) is 18.2 Å². The highest BCUT2D eigenvalue weighted by molar-refractivity contribution is 7.99. The van der Waals surface area contributed by atoms with Crippen molar-refractivity contribution in [2.75, 3.05) is 5.75 Å². The molecule has 0 amide bonds. The van der Waals surface area contributed by atoms with Crippen molar-refractivity contribution in [1.82, 2.24) is 0 Å². The molecule has 6 nitrogen and oxygen atoms in total. The Bertz CT molecular complexity index is 680. The number of nitro benzene ring substituents is 1. The molecule has 0 radical (unpaired) electrons. The molecule has 0 aliphatic carbocycles. The number of thioether (sulfide) groups is 1. The van der Waals surface area contributed by atoms with Gasteiger partial charge in [0.15, 0.2) is 0 Å². The smallest absolute Gasteiger partial charge is 0.258 e. The van der Waals surface area contributed by atoms with Gasteiger partial charge < -0.3 is 0 Å². The number of hydrogen-bond acceptors (Lipinski definition) is 4. The predicted octanol–water partition coefficient (Wildman–Crippen LogP) is 5.26. The summed E-state index contributed by atoms with van der Waals surface area (Å²) in [5.74, 6) is 0.839. The quantitative estimate of drug-likeness (QED) is 0.133. The molecule has 0 atom stereocenters. The molecule has 2 rings (SSSR count). The Labute approximate surface area is 131 Å². The molecule has 0 fully saturated rings. The average Bonchev–Trinajstić information content (AvgIpc) is 2.53. The van der Waals surface area contributed by atoms with Gasteiger partial charge in [0.25, 0.3) is 5.69 Å². The number of benzene rings is 2. The fraction of sp³-hybridized carbons (Fsp3) is 0.200. The van der Waals surface area contributed by atoms with E-state index in [-0.39, 0.29) is 11.4 Å². The van der Waals surface area contributed by atoms with E-state index in [0.29, 0.717) is 0 Å². The van der Waals surface area contributed by atoms with Crippen LogP contribution in [0.25, 0.3) is 10.4 Å². The zero-order valence-electron chi connectivity index (χ0n) is 11.8. The number of nitrogens with zero attached hydrogens (tertiary/aromatic N) is 4. The molecule has 0 unspecified atom stereocenters. The van der Waals surface area contributed by atoms with Crippen LogP contribution in [-0.4, -0.2) is 10.7 Å². The van der Waals surface area contributed by atoms with E-state index in [4.69, 9.17) is 5.53 Å². The first kappa shape index (κ1) is 15.9. The topological polar surface area (TPSA) is 91.9 Å². The van der Waals surface area contributed by atoms with Gasteiger partial charge in [-0.1, -0.05) is 35.4 Å². The molecule has 0 aliphatic rings. The highest BCUT2D eigenvalue weighted by Crippen LogP contribution is 2.30. The average molecular weight is 314 g/mol. The van der Waals surface area contributed by atoms with Crippen molar-refractivity contribution in [3.8, 4) is 0 Å². The molecule has 112 valence electrons. The molecule has 0 saturated carbocycles. The number of non-ortho nitro benzene ring substituents is 1. The van der Waals surface area contributed by atoms with Crippen LogP contribution in [0.15, 0.2) is 58.5 Å². The highest BCUT2D eigenvalue weighted by Gasteiger charge is 2.09. The Morgan fingerprint density at radius 3 is 2.68 bits per heavy atom. The summed E-state index contributed by atoms with van der Waals surface area (Å²) in [5, 5.41) is 14.3. The molecule has 7 heteroatoms. The van der Waals surface area contributed by atoms with Crippen molar-refractivity contribution in [3.63, 3.8) is 0 Å². The van der Waals surface area contributed by atoms with E-state index in [1.54, 1.807) is 6.07 Å². The summed E-state index contributed by atoms with van der Waals surface area (Å²) in [6, 6.07) is 14.6. The van der Waals surface area contributed by atoms with Gasteiger partial charge in [0.05, 0.1) is 4.92 Å². The maximum atomic E-state index is 10.9. The van der Waals surface area contributed by atoms with Gasteiger partial charge in [-0.25, -0.2) is 0 Å². The van der Waals surface area contributed by atoms with Crippen LogP contribution in [0.2, 0.25) is 0 Å². The minimum atomic E-state index is -0.482. The van der Waals surface area contributed by atoms with Crippen LogP contribution >= 0.6 is 11.8 Å². The normalized spacial score (nSPS) is 10.0. The second-order valence-electron chi connectivity index (χ2n) is 4.57. The van der Waals surface area contributed by atoms with Crippen molar-refractivity contribution in [3.05, 3.63) is 74.7 Å². The third kappa shape index (κ3) is 4.80. The minimum absolute atomic E-state index is 0.0598. The first-order chi connectivity index (χ1) is 10.7. The fourth-order valence-electron chi connectivity index (χ4n) is 1.98. The van der Waals surface area contributed by atoms with Gasteiger partial charge in [0.1, 0.15) is 0 Å². The molecule has 0 saturated heterocycles. The number of aryl methyl sites for hydroxylation is 1. The van der Waals surface area contributed by atoms with Crippen LogP contribution in [0.3, 0.4) is 0 Å². The Kier molecular flexibility index (Phi) is 5.82. The molecule has 0 aromatic heterocycles. The van der Waals surface area contributed by atoms with Crippen molar-refractivity contribution in [1.29, 1.82) is 0 Å². The van der Waals surface area contributed by atoms with Crippen LogP contribution in [0.4, 0.5) is 11.4 Å². The molecule has 0 bridgehead atoms. The third-order valence-electron chi connectivity index (χ3n) is 2.97. The van der Waals surface area contributed by atoms with Crippen LogP contribution < -0.4 is 0 Å². The zero-order chi connectivity index (χ0) is 15.8. The number of rotatable bonds is 7. The van der Waals surface area contributed by atoms with Gasteiger partial charge in [0, 0.05) is 27.6 Å². The Hall–Kier alpha value is -2.50. The summed E-state index contributed by atoms with van der Waals surface area (Å²) < 4.78 is 0. The third-order valence-corrected chi connectivity index (χ3v) is 4.03. The standard InChI is InChI=1S/C15H14N4O2S/c16-18-17-13-9-14(19(20)21)11-15(10-13)22-8-4-7-12-5-2-1-3-6-12/h1-3,5-6,9-11H,4,7-8H2. The fourth-order valence-corrected chi connectivity index (χ4v) is 2.91. The molecule has 0 heterocycles. The molecule has 22 heavy (non-hydrogen) atoms. The minimum Gasteiger partial charge on any atom is -0.258 e. The van der Waals surface area contributed by atoms with E-state index in [9.17, 15) is 10.1 Å². The van der Waals surface area contributed by atoms with Crippen molar-refractivity contribution >= 4 is 23.1 Å². The molecule has 0 spiro atoms. The van der Waals surface area contributed by atoms with Crippen LogP contribution in [0, 0.1) is 10.1 Å². The van der Waals surface area contributed by atoms with E-state index in [1.165, 1.54) is 29.5 Å². The van der Waals surface area contributed by atoms with Crippen molar-refractivity contribution in [2.45, 2.75) is 17.7 Å². The molecular formula is C15H14N4O2S. The van der Waals surface area contributed by atoms with Gasteiger partial charge in [-0.15, -0.1) is 11.8 Å². The highest BCUT2D eigenvalue weighted by atomic mass is 32.2. The molecule has 2 aromatic carbocycles. The molecular weight excluding hydrogens is 300 g/mol. The zero-order valence-corrected chi connectivity index (χ0v) is 12.6. The number of azide groups is 1. The van der Waals surface area contributed by atoms with Crippen molar-refractivity contribution < 1.29 is 4.92 Å². The Morgan fingerprint density at radius 1 is 1.23 bits per heavy atom. The predicted molar refractivity (Wildman–Crippen MR) is 87.4 cm³/mol. The van der Waals surface area contributed by atoms with Crippen molar-refractivity contribution in [2.24, 2.45) is 5.11 Å². The van der Waals surface area contributed by atoms with Gasteiger partial charge in [-0.05, 0) is 35.8 Å². The lowest BCUT2D eigenvalue weighted by Gasteiger charge is -2.04. The van der Waals surface area contributed by atoms with E-state index in [2.05, 4.69) is 22.2 Å². The monoisotopic (exact) mass is 314 g/mol. The van der Waals surface area contributed by atoms with E-state index in [0.717, 1.165) is 23.5 Å². The lowest BCUT2D eigenvalue weighted by atomic mass is 10.1. The Balaban J connectivity index is 1.96. The molecule has 2 aromatic rings. The largest absolute Gasteiger partial charge is 0.271 e. The van der Waals surface area contributed by atoms with Crippen LogP contribution in [-0.2, 0) is 6.42 Å². The number of nitro groups is 1. The summed E-state index contributed by atoms with van der Waals surface area (Å²) in [4.78, 5) is 13.8. The summed E-state index contributed by atoms with van der Waals surface area (Å²) in [7, 11) is 0. The molecule has 0 aliphatic heterocycles. The van der Waals surface area contributed by atoms with Gasteiger partial charge in [-0.2, -0.15) is 0 Å². The van der Waals surface area contributed by atoms with Gasteiger partial charge in [-0.3, -0.25) is 10.1 Å². The second kappa shape index (κ2) is 8.07. The van der Waals surface area contributed by atoms with Crippen LogP contribution in [0.1, 0.15) is 12.0 Å². The second-order valence-corrected chi connectivity index (χ2v) is 5.74. The Morgan fingerprint density at radius 2 is 2.00 bits per heavy atom. The SMILES string of the molecule is [N-]=[N+]=Nc1cc(SCCCc2ccccc2)cc([N+](=O)[O-])c1. The maximum absolute atomic E-state index is 10.9. The summed E-state index contributed by atoms with van der Waals surface area (Å²) in [6.45, 7) is 0. The van der Waals surface area contributed by atoms with E-state index < -0.39 is 4.92 Å². The summed E-state index contributed by atoms with van der Waals surface area (Å²) in [5.41, 5.74) is 9.94. The van der Waals surface area contributed by atoms with E-state index >= 15 is 0 Å². The first-order valence-electron chi connectivity index (χ1n) is 6.70. The van der Waals surface area contributed by atoms with Gasteiger partial charge in [0.2, 0.25) is 0 Å². The van der Waals surface area contributed by atoms with Crippen LogP contribution in [0.5, 0.6) is 0 Å². The molecule has 0 N–H and O–H groups in total. The summed E-state index contributed by atoms with van der Waals surface area (Å²) >= 11 is 1.52. The van der Waals surface area contributed by atoms with Gasteiger partial charge >= 0.3 is 0 Å². The lowest BCUT2D eigenvalue weighted by molar-refractivity contribution is -0.385. The lowest BCUT2D eigenvalue weighted by Crippen LogP contribution is -1.90. The maximum Gasteiger partial charge on any atom is 0.271 e.